The Kier molecular flexibility index (Phi) is 2.31. The van der Waals surface area contributed by atoms with Crippen molar-refractivity contribution in [2.24, 2.45) is 5.73 Å². The summed E-state index contributed by atoms with van der Waals surface area (Å²) in [5, 5.41) is 0. The molecule has 1 aliphatic rings. The summed E-state index contributed by atoms with van der Waals surface area (Å²) in [6, 6.07) is 0.685. The second-order valence-electron chi connectivity index (χ2n) is 3.03. The number of nitrogens with two attached hydrogens (primary N) is 1. The minimum Gasteiger partial charge on any atom is -0.432 e. The summed E-state index contributed by atoms with van der Waals surface area (Å²) in [7, 11) is 0. The summed E-state index contributed by atoms with van der Waals surface area (Å²) in [5.41, 5.74) is 6.25. The SMILES string of the molecule is NCc1coc(N2CC=CCC2)n1. The van der Waals surface area contributed by atoms with Gasteiger partial charge in [-0.2, -0.15) is 4.98 Å². The van der Waals surface area contributed by atoms with E-state index in [1.165, 1.54) is 0 Å². The number of oxazole rings is 1. The molecule has 0 saturated carbocycles. The van der Waals surface area contributed by atoms with Crippen LogP contribution in [0.5, 0.6) is 0 Å². The van der Waals surface area contributed by atoms with E-state index >= 15 is 0 Å². The van der Waals surface area contributed by atoms with E-state index in [1.807, 2.05) is 0 Å². The second kappa shape index (κ2) is 3.62. The molecule has 4 nitrogen and oxygen atoms in total. The Labute approximate surface area is 77.0 Å². The number of hydrogen-bond donors (Lipinski definition) is 1. The van der Waals surface area contributed by atoms with Crippen molar-refractivity contribution in [3.8, 4) is 0 Å². The first-order valence-electron chi connectivity index (χ1n) is 4.44. The van der Waals surface area contributed by atoms with Gasteiger partial charge in [0.25, 0.3) is 6.01 Å². The van der Waals surface area contributed by atoms with Crippen LogP contribution in [0.1, 0.15) is 12.1 Å². The van der Waals surface area contributed by atoms with E-state index < -0.39 is 0 Å². The lowest BCUT2D eigenvalue weighted by Gasteiger charge is -2.20. The van der Waals surface area contributed by atoms with E-state index in [4.69, 9.17) is 10.2 Å². The molecule has 0 spiro atoms. The van der Waals surface area contributed by atoms with Gasteiger partial charge in [-0.25, -0.2) is 0 Å². The smallest absolute Gasteiger partial charge is 0.297 e. The summed E-state index contributed by atoms with van der Waals surface area (Å²) >= 11 is 0. The zero-order valence-corrected chi connectivity index (χ0v) is 7.44. The Balaban J connectivity index is 2.10. The van der Waals surface area contributed by atoms with Gasteiger partial charge in [-0.1, -0.05) is 12.2 Å². The van der Waals surface area contributed by atoms with Crippen LogP contribution >= 0.6 is 0 Å². The Morgan fingerprint density at radius 3 is 3.08 bits per heavy atom. The molecular formula is C9H13N3O. The predicted octanol–water partition coefficient (Wildman–Crippen LogP) is 0.900. The van der Waals surface area contributed by atoms with Crippen LogP contribution in [0, 0.1) is 0 Å². The van der Waals surface area contributed by atoms with E-state index in [0.29, 0.717) is 12.6 Å². The summed E-state index contributed by atoms with van der Waals surface area (Å²) in [6.45, 7) is 2.29. The Morgan fingerprint density at radius 1 is 1.54 bits per heavy atom. The molecule has 0 unspecified atom stereocenters. The number of nitrogens with zero attached hydrogens (tertiary/aromatic N) is 2. The van der Waals surface area contributed by atoms with Gasteiger partial charge in [0.15, 0.2) is 0 Å². The van der Waals surface area contributed by atoms with Crippen molar-refractivity contribution in [1.82, 2.24) is 4.98 Å². The van der Waals surface area contributed by atoms with Gasteiger partial charge >= 0.3 is 0 Å². The van der Waals surface area contributed by atoms with Gasteiger partial charge in [0.1, 0.15) is 6.26 Å². The molecule has 1 aliphatic heterocycles. The third-order valence-corrected chi connectivity index (χ3v) is 2.08. The highest BCUT2D eigenvalue weighted by atomic mass is 16.4. The second-order valence-corrected chi connectivity index (χ2v) is 3.03. The molecule has 1 aromatic heterocycles. The molecule has 2 N–H and O–H groups in total. The molecule has 0 radical (unpaired) electrons. The van der Waals surface area contributed by atoms with Crippen molar-refractivity contribution in [3.63, 3.8) is 0 Å². The highest BCUT2D eigenvalue weighted by Crippen LogP contribution is 2.15. The summed E-state index contributed by atoms with van der Waals surface area (Å²) in [5.74, 6) is 0. The highest BCUT2D eigenvalue weighted by Gasteiger charge is 2.12. The van der Waals surface area contributed by atoms with E-state index in [0.717, 1.165) is 25.2 Å². The molecule has 0 aromatic carbocycles. The molecule has 0 saturated heterocycles. The first-order chi connectivity index (χ1) is 6.40. The van der Waals surface area contributed by atoms with Crippen molar-refractivity contribution in [1.29, 1.82) is 0 Å². The van der Waals surface area contributed by atoms with Gasteiger partial charge in [0.2, 0.25) is 0 Å². The van der Waals surface area contributed by atoms with Crippen LogP contribution in [0.15, 0.2) is 22.8 Å². The number of anilines is 1. The Hall–Kier alpha value is -1.29. The van der Waals surface area contributed by atoms with Crippen molar-refractivity contribution in [2.45, 2.75) is 13.0 Å². The van der Waals surface area contributed by atoms with Gasteiger partial charge in [-0.05, 0) is 6.42 Å². The van der Waals surface area contributed by atoms with Gasteiger partial charge in [0.05, 0.1) is 5.69 Å². The maximum Gasteiger partial charge on any atom is 0.297 e. The molecule has 0 aliphatic carbocycles. The van der Waals surface area contributed by atoms with Crippen LogP contribution in [0.4, 0.5) is 6.01 Å². The van der Waals surface area contributed by atoms with Gasteiger partial charge in [0, 0.05) is 19.6 Å². The lowest BCUT2D eigenvalue weighted by molar-refractivity contribution is 0.537. The normalized spacial score (nSPS) is 16.5. The summed E-state index contributed by atoms with van der Waals surface area (Å²) in [4.78, 5) is 6.35. The molecule has 0 bridgehead atoms. The zero-order chi connectivity index (χ0) is 9.10. The van der Waals surface area contributed by atoms with Crippen LogP contribution in [-0.4, -0.2) is 18.1 Å². The summed E-state index contributed by atoms with van der Waals surface area (Å²) in [6.07, 6.45) is 6.97. The van der Waals surface area contributed by atoms with Crippen LogP contribution in [-0.2, 0) is 6.54 Å². The van der Waals surface area contributed by atoms with Gasteiger partial charge in [-0.15, -0.1) is 0 Å². The average Bonchev–Trinajstić information content (AvgIpc) is 2.67. The minimum atomic E-state index is 0.438. The van der Waals surface area contributed by atoms with Crippen molar-refractivity contribution >= 4 is 6.01 Å². The van der Waals surface area contributed by atoms with Crippen LogP contribution < -0.4 is 10.6 Å². The minimum absolute atomic E-state index is 0.438. The van der Waals surface area contributed by atoms with Gasteiger partial charge in [-0.3, -0.25) is 0 Å². The van der Waals surface area contributed by atoms with Crippen molar-refractivity contribution in [3.05, 3.63) is 24.1 Å². The molecular weight excluding hydrogens is 166 g/mol. The zero-order valence-electron chi connectivity index (χ0n) is 7.44. The molecule has 4 heteroatoms. The first kappa shape index (κ1) is 8.31. The maximum absolute atomic E-state index is 5.44. The summed E-state index contributed by atoms with van der Waals surface area (Å²) < 4.78 is 5.30. The topological polar surface area (TPSA) is 55.3 Å². The molecule has 1 aromatic rings. The van der Waals surface area contributed by atoms with Crippen molar-refractivity contribution < 1.29 is 4.42 Å². The molecule has 0 atom stereocenters. The van der Waals surface area contributed by atoms with Crippen LogP contribution in [0.25, 0.3) is 0 Å². The molecule has 2 heterocycles. The Bertz CT molecular complexity index is 306. The van der Waals surface area contributed by atoms with E-state index in [-0.39, 0.29) is 0 Å². The molecule has 0 amide bonds. The highest BCUT2D eigenvalue weighted by molar-refractivity contribution is 5.30. The van der Waals surface area contributed by atoms with E-state index in [1.54, 1.807) is 6.26 Å². The quantitative estimate of drug-likeness (QED) is 0.685. The number of hydrogen-bond acceptors (Lipinski definition) is 4. The molecule has 13 heavy (non-hydrogen) atoms. The standard InChI is InChI=1S/C9H13N3O/c10-6-8-7-13-9(11-8)12-4-2-1-3-5-12/h1-2,7H,3-6,10H2. The lowest BCUT2D eigenvalue weighted by atomic mass is 10.3. The van der Waals surface area contributed by atoms with E-state index in [9.17, 15) is 0 Å². The van der Waals surface area contributed by atoms with Gasteiger partial charge < -0.3 is 15.1 Å². The largest absolute Gasteiger partial charge is 0.432 e. The maximum atomic E-state index is 5.44. The monoisotopic (exact) mass is 179 g/mol. The van der Waals surface area contributed by atoms with E-state index in [2.05, 4.69) is 22.0 Å². The fourth-order valence-corrected chi connectivity index (χ4v) is 1.35. The molecule has 2 rings (SSSR count). The Morgan fingerprint density at radius 2 is 2.46 bits per heavy atom. The molecule has 0 fully saturated rings. The predicted molar refractivity (Wildman–Crippen MR) is 50.4 cm³/mol. The fraction of sp³-hybridized carbons (Fsp3) is 0.444. The number of aromatic nitrogens is 1. The fourth-order valence-electron chi connectivity index (χ4n) is 1.35. The third-order valence-electron chi connectivity index (χ3n) is 2.08. The number of rotatable bonds is 2. The van der Waals surface area contributed by atoms with Crippen LogP contribution in [0.3, 0.4) is 0 Å². The first-order valence-corrected chi connectivity index (χ1v) is 4.44. The molecule has 70 valence electrons. The van der Waals surface area contributed by atoms with Crippen molar-refractivity contribution in [2.75, 3.05) is 18.0 Å². The third kappa shape index (κ3) is 1.72. The lowest BCUT2D eigenvalue weighted by Crippen LogP contribution is -2.26. The van der Waals surface area contributed by atoms with Crippen LogP contribution in [0.2, 0.25) is 0 Å². The average molecular weight is 179 g/mol.